The van der Waals surface area contributed by atoms with E-state index in [-0.39, 0.29) is 5.75 Å². The van der Waals surface area contributed by atoms with Crippen LogP contribution in [0.4, 0.5) is 13.2 Å². The number of carbonyl (C=O) groups is 1. The average molecular weight is 204 g/mol. The van der Waals surface area contributed by atoms with Gasteiger partial charge in [-0.25, -0.2) is 13.2 Å². The minimum absolute atomic E-state index is 0.311. The summed E-state index contributed by atoms with van der Waals surface area (Å²) >= 11 is 0. The van der Waals surface area contributed by atoms with Crippen molar-refractivity contribution >= 4 is 5.78 Å². The Morgan fingerprint density at radius 3 is 2.29 bits per heavy atom. The van der Waals surface area contributed by atoms with Crippen LogP contribution in [-0.4, -0.2) is 12.9 Å². The number of hydrogen-bond donors (Lipinski definition) is 0. The van der Waals surface area contributed by atoms with Crippen LogP contribution in [0.15, 0.2) is 6.07 Å². The summed E-state index contributed by atoms with van der Waals surface area (Å²) in [6, 6.07) is 0.634. The summed E-state index contributed by atoms with van der Waals surface area (Å²) in [5.74, 6) is -5.61. The number of rotatable bonds is 2. The molecule has 0 aromatic heterocycles. The molecule has 0 bridgehead atoms. The van der Waals surface area contributed by atoms with Crippen LogP contribution in [0.3, 0.4) is 0 Å². The van der Waals surface area contributed by atoms with E-state index >= 15 is 0 Å². The number of carbonyl (C=O) groups excluding carboxylic acids is 1. The minimum atomic E-state index is -1.67. The van der Waals surface area contributed by atoms with Crippen LogP contribution in [0.2, 0.25) is 0 Å². The second-order valence-corrected chi connectivity index (χ2v) is 2.62. The maximum Gasteiger partial charge on any atom is 0.195 e. The van der Waals surface area contributed by atoms with E-state index < -0.39 is 28.8 Å². The highest BCUT2D eigenvalue weighted by Crippen LogP contribution is 2.26. The minimum Gasteiger partial charge on any atom is -0.496 e. The van der Waals surface area contributed by atoms with Crippen LogP contribution >= 0.6 is 0 Å². The van der Waals surface area contributed by atoms with E-state index in [0.29, 0.717) is 6.07 Å². The number of ether oxygens (including phenoxy) is 1. The maximum absolute atomic E-state index is 13.0. The maximum atomic E-state index is 13.0. The molecule has 0 fully saturated rings. The molecule has 1 aromatic carbocycles. The summed E-state index contributed by atoms with van der Waals surface area (Å²) in [7, 11) is 1.14. The first-order valence-electron chi connectivity index (χ1n) is 3.71. The van der Waals surface area contributed by atoms with Gasteiger partial charge in [0.15, 0.2) is 23.2 Å². The fraction of sp³-hybridized carbons (Fsp3) is 0.222. The van der Waals surface area contributed by atoms with Crippen molar-refractivity contribution in [3.63, 3.8) is 0 Å². The third-order valence-corrected chi connectivity index (χ3v) is 1.70. The Kier molecular flexibility index (Phi) is 2.78. The number of ketones is 1. The summed E-state index contributed by atoms with van der Waals surface area (Å²) in [6.45, 7) is 1.04. The number of benzene rings is 1. The van der Waals surface area contributed by atoms with Crippen molar-refractivity contribution in [1.82, 2.24) is 0 Å². The van der Waals surface area contributed by atoms with Crippen LogP contribution in [0, 0.1) is 17.5 Å². The van der Waals surface area contributed by atoms with Crippen molar-refractivity contribution in [3.05, 3.63) is 29.1 Å². The molecule has 0 aliphatic carbocycles. The molecule has 14 heavy (non-hydrogen) atoms. The largest absolute Gasteiger partial charge is 0.496 e. The Bertz CT molecular complexity index is 388. The predicted octanol–water partition coefficient (Wildman–Crippen LogP) is 2.32. The molecule has 1 rings (SSSR count). The molecule has 0 N–H and O–H groups in total. The first-order chi connectivity index (χ1) is 6.49. The Morgan fingerprint density at radius 2 is 1.86 bits per heavy atom. The molecule has 0 saturated carbocycles. The van der Waals surface area contributed by atoms with Gasteiger partial charge in [-0.3, -0.25) is 4.79 Å². The molecular formula is C9H7F3O2. The van der Waals surface area contributed by atoms with Crippen LogP contribution in [-0.2, 0) is 0 Å². The zero-order valence-corrected chi connectivity index (χ0v) is 7.53. The molecule has 76 valence electrons. The molecule has 0 amide bonds. The molecule has 0 heterocycles. The van der Waals surface area contributed by atoms with Gasteiger partial charge in [-0.2, -0.15) is 0 Å². The molecule has 2 nitrogen and oxygen atoms in total. The normalized spacial score (nSPS) is 10.1. The predicted molar refractivity (Wildman–Crippen MR) is 42.9 cm³/mol. The highest BCUT2D eigenvalue weighted by atomic mass is 19.2. The van der Waals surface area contributed by atoms with Gasteiger partial charge in [0.05, 0.1) is 12.7 Å². The van der Waals surface area contributed by atoms with Gasteiger partial charge in [0.2, 0.25) is 0 Å². The van der Waals surface area contributed by atoms with Crippen molar-refractivity contribution in [1.29, 1.82) is 0 Å². The quantitative estimate of drug-likeness (QED) is 0.545. The van der Waals surface area contributed by atoms with E-state index in [1.807, 2.05) is 0 Å². The second-order valence-electron chi connectivity index (χ2n) is 2.62. The first kappa shape index (κ1) is 10.6. The third-order valence-electron chi connectivity index (χ3n) is 1.70. The zero-order chi connectivity index (χ0) is 10.9. The van der Waals surface area contributed by atoms with Crippen molar-refractivity contribution in [2.24, 2.45) is 0 Å². The molecule has 0 unspecified atom stereocenters. The lowest BCUT2D eigenvalue weighted by molar-refractivity contribution is 0.100. The van der Waals surface area contributed by atoms with Crippen LogP contribution in [0.1, 0.15) is 17.3 Å². The van der Waals surface area contributed by atoms with Crippen LogP contribution in [0.25, 0.3) is 0 Å². The van der Waals surface area contributed by atoms with Gasteiger partial charge in [-0.15, -0.1) is 0 Å². The topological polar surface area (TPSA) is 26.3 Å². The lowest BCUT2D eigenvalue weighted by Gasteiger charge is -2.07. The number of methoxy groups -OCH3 is 1. The Balaban J connectivity index is 3.53. The summed E-state index contributed by atoms with van der Waals surface area (Å²) in [4.78, 5) is 10.9. The van der Waals surface area contributed by atoms with E-state index in [2.05, 4.69) is 4.74 Å². The van der Waals surface area contributed by atoms with Crippen molar-refractivity contribution < 1.29 is 22.7 Å². The number of halogens is 3. The molecule has 0 saturated heterocycles. The Hall–Kier alpha value is -1.52. The fourth-order valence-electron chi connectivity index (χ4n) is 1.06. The van der Waals surface area contributed by atoms with E-state index in [9.17, 15) is 18.0 Å². The van der Waals surface area contributed by atoms with Crippen molar-refractivity contribution in [2.75, 3.05) is 7.11 Å². The van der Waals surface area contributed by atoms with Crippen molar-refractivity contribution in [3.8, 4) is 5.75 Å². The van der Waals surface area contributed by atoms with Crippen molar-refractivity contribution in [2.45, 2.75) is 6.92 Å². The Morgan fingerprint density at radius 1 is 1.29 bits per heavy atom. The second kappa shape index (κ2) is 3.69. The van der Waals surface area contributed by atoms with Gasteiger partial charge in [-0.05, 0) is 6.92 Å². The third kappa shape index (κ3) is 1.57. The summed E-state index contributed by atoms with van der Waals surface area (Å²) in [5.41, 5.74) is -0.577. The number of hydrogen-bond acceptors (Lipinski definition) is 2. The average Bonchev–Trinajstić information content (AvgIpc) is 2.12. The number of Topliss-reactive ketones (excluding diaryl/α,β-unsaturated/α-hetero) is 1. The summed E-state index contributed by atoms with van der Waals surface area (Å²) in [5, 5.41) is 0. The molecule has 5 heteroatoms. The summed E-state index contributed by atoms with van der Waals surface area (Å²) < 4.78 is 43.0. The van der Waals surface area contributed by atoms with Gasteiger partial charge < -0.3 is 4.74 Å². The molecule has 0 aliphatic rings. The molecule has 0 spiro atoms. The molecule has 0 aliphatic heterocycles. The van der Waals surface area contributed by atoms with Gasteiger partial charge in [0.1, 0.15) is 5.75 Å². The lowest BCUT2D eigenvalue weighted by Crippen LogP contribution is -2.05. The molecule has 0 radical (unpaired) electrons. The SMILES string of the molecule is COc1cc(F)c(F)c(F)c1C(C)=O. The molecular weight excluding hydrogens is 197 g/mol. The summed E-state index contributed by atoms with van der Waals surface area (Å²) in [6.07, 6.45) is 0. The zero-order valence-electron chi connectivity index (χ0n) is 7.53. The Labute approximate surface area is 78.3 Å². The monoisotopic (exact) mass is 204 g/mol. The fourth-order valence-corrected chi connectivity index (χ4v) is 1.06. The van der Waals surface area contributed by atoms with Crippen LogP contribution < -0.4 is 4.74 Å². The van der Waals surface area contributed by atoms with E-state index in [1.54, 1.807) is 0 Å². The standard InChI is InChI=1S/C9H7F3O2/c1-4(13)7-6(14-2)3-5(10)8(11)9(7)12/h3H,1-2H3. The highest BCUT2D eigenvalue weighted by molar-refractivity contribution is 5.97. The van der Waals surface area contributed by atoms with Gasteiger partial charge in [0, 0.05) is 6.07 Å². The van der Waals surface area contributed by atoms with Gasteiger partial charge in [0.25, 0.3) is 0 Å². The van der Waals surface area contributed by atoms with E-state index in [4.69, 9.17) is 0 Å². The van der Waals surface area contributed by atoms with E-state index in [0.717, 1.165) is 14.0 Å². The van der Waals surface area contributed by atoms with Crippen LogP contribution in [0.5, 0.6) is 5.75 Å². The van der Waals surface area contributed by atoms with Gasteiger partial charge >= 0.3 is 0 Å². The first-order valence-corrected chi connectivity index (χ1v) is 3.71. The molecule has 1 aromatic rings. The lowest BCUT2D eigenvalue weighted by atomic mass is 10.1. The molecule has 0 atom stereocenters. The highest BCUT2D eigenvalue weighted by Gasteiger charge is 2.21. The van der Waals surface area contributed by atoms with Gasteiger partial charge in [-0.1, -0.05) is 0 Å². The smallest absolute Gasteiger partial charge is 0.195 e. The van der Waals surface area contributed by atoms with E-state index in [1.165, 1.54) is 0 Å².